The van der Waals surface area contributed by atoms with Gasteiger partial charge >= 0.3 is 12.2 Å². The number of benzene rings is 1. The molecule has 15 heteroatoms. The van der Waals surface area contributed by atoms with Crippen LogP contribution in [0.3, 0.4) is 0 Å². The number of alkyl halides is 4. The predicted octanol–water partition coefficient (Wildman–Crippen LogP) is 4.33. The molecule has 3 heterocycles. The van der Waals surface area contributed by atoms with Gasteiger partial charge in [-0.1, -0.05) is 0 Å². The molecule has 3 aromatic rings. The highest BCUT2D eigenvalue weighted by atomic mass is 19.4. The summed E-state index contributed by atoms with van der Waals surface area (Å²) in [5.74, 6) is -2.77. The maximum atomic E-state index is 16.3. The summed E-state index contributed by atoms with van der Waals surface area (Å²) >= 11 is 0. The van der Waals surface area contributed by atoms with Gasteiger partial charge in [0.2, 0.25) is 5.88 Å². The van der Waals surface area contributed by atoms with Gasteiger partial charge < -0.3 is 30.7 Å². The molecule has 0 amide bonds. The SMILES string of the molecule is Cc1c(F)c(N)cc(-c2nc3c4c(nc(OC[C@@H](F)CN(C)C)nc4c2F)NCCNCC[C@H](C)O3)c1C(F)(F)F. The molecule has 0 saturated carbocycles. The standard InChI is InChI=1S/C26H31F6N7O2/c1-12-5-6-34-7-8-35-23-17-22(37-25(38-23)40-11-14(27)10-39(3)4)20(29)21(36-24(17)41-12)15-9-16(33)19(28)13(2)18(15)26(30,31)32/h9,12,14,34H,5-8,10-11,33H2,1-4H3,(H,35,37,38)/t12-,14-/m0/s1. The van der Waals surface area contributed by atoms with Crippen molar-refractivity contribution in [2.45, 2.75) is 38.7 Å². The largest absolute Gasteiger partial charge is 0.474 e. The smallest absolute Gasteiger partial charge is 0.417 e. The molecule has 0 aliphatic carbocycles. The monoisotopic (exact) mass is 587 g/mol. The molecule has 9 nitrogen and oxygen atoms in total. The predicted molar refractivity (Wildman–Crippen MR) is 142 cm³/mol. The van der Waals surface area contributed by atoms with Crippen molar-refractivity contribution in [2.24, 2.45) is 0 Å². The van der Waals surface area contributed by atoms with Gasteiger partial charge in [-0.05, 0) is 52.5 Å². The zero-order valence-corrected chi connectivity index (χ0v) is 22.9. The average molecular weight is 588 g/mol. The van der Waals surface area contributed by atoms with Gasteiger partial charge in [0.05, 0.1) is 17.4 Å². The first-order valence-electron chi connectivity index (χ1n) is 12.9. The first-order chi connectivity index (χ1) is 19.3. The van der Waals surface area contributed by atoms with Crippen LogP contribution in [-0.2, 0) is 6.18 Å². The Hall–Kier alpha value is -3.59. The number of ether oxygens (including phenoxy) is 2. The van der Waals surface area contributed by atoms with Crippen LogP contribution >= 0.6 is 0 Å². The number of nitrogens with one attached hydrogen (secondary N) is 2. The highest BCUT2D eigenvalue weighted by molar-refractivity contribution is 5.96. The molecule has 0 unspecified atom stereocenters. The molecule has 0 saturated heterocycles. The molecular weight excluding hydrogens is 556 g/mol. The zero-order chi connectivity index (χ0) is 30.1. The Morgan fingerprint density at radius 3 is 2.56 bits per heavy atom. The van der Waals surface area contributed by atoms with E-state index in [0.717, 1.165) is 6.92 Å². The maximum absolute atomic E-state index is 16.3. The Morgan fingerprint density at radius 2 is 1.88 bits per heavy atom. The lowest BCUT2D eigenvalue weighted by Gasteiger charge is -2.21. The molecule has 0 bridgehead atoms. The minimum absolute atomic E-state index is 0.0303. The fourth-order valence-electron chi connectivity index (χ4n) is 4.51. The lowest BCUT2D eigenvalue weighted by Crippen LogP contribution is -2.28. The number of hydrogen-bond acceptors (Lipinski definition) is 9. The van der Waals surface area contributed by atoms with Gasteiger partial charge in [-0.3, -0.25) is 0 Å². The van der Waals surface area contributed by atoms with Crippen molar-refractivity contribution < 1.29 is 35.8 Å². The zero-order valence-electron chi connectivity index (χ0n) is 22.9. The van der Waals surface area contributed by atoms with Crippen molar-refractivity contribution in [3.05, 3.63) is 28.8 Å². The normalized spacial score (nSPS) is 17.1. The van der Waals surface area contributed by atoms with Gasteiger partial charge in [-0.25, -0.2) is 18.2 Å². The third kappa shape index (κ3) is 6.67. The number of rotatable bonds is 6. The number of nitrogens with two attached hydrogens (primary N) is 1. The lowest BCUT2D eigenvalue weighted by atomic mass is 9.96. The van der Waals surface area contributed by atoms with E-state index in [-0.39, 0.29) is 23.6 Å². The molecule has 2 atom stereocenters. The fraction of sp³-hybridized carbons (Fsp3) is 0.500. The first-order valence-corrected chi connectivity index (χ1v) is 12.9. The van der Waals surface area contributed by atoms with Crippen molar-refractivity contribution in [3.8, 4) is 23.1 Å². The van der Waals surface area contributed by atoms with Crippen LogP contribution in [-0.4, -0.2) is 79.0 Å². The van der Waals surface area contributed by atoms with Gasteiger partial charge in [-0.15, -0.1) is 0 Å². The summed E-state index contributed by atoms with van der Waals surface area (Å²) in [6.07, 6.45) is -6.52. The fourth-order valence-corrected chi connectivity index (χ4v) is 4.51. The summed E-state index contributed by atoms with van der Waals surface area (Å²) in [5.41, 5.74) is 0.715. The quantitative estimate of drug-likeness (QED) is 0.287. The van der Waals surface area contributed by atoms with Crippen molar-refractivity contribution in [2.75, 3.05) is 57.9 Å². The summed E-state index contributed by atoms with van der Waals surface area (Å²) in [6.45, 7) is 3.55. The van der Waals surface area contributed by atoms with Crippen LogP contribution in [0.4, 0.5) is 37.8 Å². The van der Waals surface area contributed by atoms with E-state index in [1.54, 1.807) is 25.9 Å². The molecular formula is C26H31F6N7O2. The highest BCUT2D eigenvalue weighted by Crippen LogP contribution is 2.44. The summed E-state index contributed by atoms with van der Waals surface area (Å²) in [6, 6.07) is 0.269. The second-order valence-electron chi connectivity index (χ2n) is 10.0. The molecule has 1 aliphatic rings. The Kier molecular flexibility index (Phi) is 8.97. The topological polar surface area (TPSA) is 110 Å². The molecule has 224 valence electrons. The van der Waals surface area contributed by atoms with Crippen molar-refractivity contribution in [1.82, 2.24) is 25.2 Å². The van der Waals surface area contributed by atoms with Crippen LogP contribution in [0.2, 0.25) is 0 Å². The van der Waals surface area contributed by atoms with Crippen molar-refractivity contribution in [3.63, 3.8) is 0 Å². The molecule has 41 heavy (non-hydrogen) atoms. The molecule has 4 rings (SSSR count). The van der Waals surface area contributed by atoms with Gasteiger partial charge in [0.1, 0.15) is 41.0 Å². The van der Waals surface area contributed by atoms with Crippen LogP contribution < -0.4 is 25.8 Å². The number of pyridine rings is 1. The van der Waals surface area contributed by atoms with E-state index in [1.807, 2.05) is 0 Å². The number of aromatic nitrogens is 3. The summed E-state index contributed by atoms with van der Waals surface area (Å²) in [7, 11) is 3.35. The molecule has 0 fully saturated rings. The van der Waals surface area contributed by atoms with Gasteiger partial charge in [0.15, 0.2) is 5.82 Å². The van der Waals surface area contributed by atoms with Crippen LogP contribution in [0.25, 0.3) is 22.2 Å². The Bertz CT molecular complexity index is 1420. The third-order valence-electron chi connectivity index (χ3n) is 6.39. The first kappa shape index (κ1) is 30.4. The Morgan fingerprint density at radius 1 is 1.15 bits per heavy atom. The van der Waals surface area contributed by atoms with Crippen LogP contribution in [0.1, 0.15) is 24.5 Å². The molecule has 0 spiro atoms. The second-order valence-corrected chi connectivity index (χ2v) is 10.0. The van der Waals surface area contributed by atoms with E-state index >= 15 is 4.39 Å². The number of nitrogens with zero attached hydrogens (tertiary/aromatic N) is 4. The lowest BCUT2D eigenvalue weighted by molar-refractivity contribution is -0.137. The van der Waals surface area contributed by atoms with Crippen molar-refractivity contribution >= 4 is 22.4 Å². The van der Waals surface area contributed by atoms with Gasteiger partial charge in [0.25, 0.3) is 0 Å². The van der Waals surface area contributed by atoms with E-state index < -0.39 is 76.3 Å². The van der Waals surface area contributed by atoms with Gasteiger partial charge in [0, 0.05) is 25.2 Å². The van der Waals surface area contributed by atoms with E-state index in [0.29, 0.717) is 32.1 Å². The molecule has 2 aromatic heterocycles. The second kappa shape index (κ2) is 12.1. The number of anilines is 2. The minimum Gasteiger partial charge on any atom is -0.474 e. The maximum Gasteiger partial charge on any atom is 0.417 e. The molecule has 1 aliphatic heterocycles. The minimum atomic E-state index is -5.08. The molecule has 4 N–H and O–H groups in total. The Labute approximate surface area is 232 Å². The summed E-state index contributed by atoms with van der Waals surface area (Å²) in [5, 5.41) is 6.17. The molecule has 0 radical (unpaired) electrons. The summed E-state index contributed by atoms with van der Waals surface area (Å²) in [4.78, 5) is 14.1. The third-order valence-corrected chi connectivity index (χ3v) is 6.39. The van der Waals surface area contributed by atoms with E-state index in [9.17, 15) is 22.0 Å². The van der Waals surface area contributed by atoms with E-state index in [1.165, 1.54) is 0 Å². The summed E-state index contributed by atoms with van der Waals surface area (Å²) < 4.78 is 99.0. The number of nitrogen functional groups attached to an aromatic ring is 1. The van der Waals surface area contributed by atoms with E-state index in [2.05, 4.69) is 25.6 Å². The van der Waals surface area contributed by atoms with Crippen LogP contribution in [0, 0.1) is 18.6 Å². The van der Waals surface area contributed by atoms with E-state index in [4.69, 9.17) is 15.2 Å². The number of halogens is 6. The molecule has 1 aromatic carbocycles. The van der Waals surface area contributed by atoms with Gasteiger partial charge in [-0.2, -0.15) is 23.1 Å². The van der Waals surface area contributed by atoms with Crippen LogP contribution in [0.5, 0.6) is 11.9 Å². The average Bonchev–Trinajstić information content (AvgIpc) is 2.91. The highest BCUT2D eigenvalue weighted by Gasteiger charge is 2.39. The van der Waals surface area contributed by atoms with Crippen molar-refractivity contribution in [1.29, 1.82) is 0 Å². The van der Waals surface area contributed by atoms with Crippen LogP contribution in [0.15, 0.2) is 6.07 Å². The number of hydrogen-bond donors (Lipinski definition) is 3. The Balaban J connectivity index is 1.99.